The molecule has 0 radical (unpaired) electrons. The van der Waals surface area contributed by atoms with Gasteiger partial charge in [-0.05, 0) is 24.1 Å². The van der Waals surface area contributed by atoms with Gasteiger partial charge in [-0.1, -0.05) is 49.2 Å². The van der Waals surface area contributed by atoms with Crippen molar-refractivity contribution >= 4 is 22.4 Å². The number of benzene rings is 2. The molecule has 1 saturated carbocycles. The lowest BCUT2D eigenvalue weighted by molar-refractivity contribution is -0.375. The van der Waals surface area contributed by atoms with Crippen molar-refractivity contribution in [2.45, 2.75) is 50.1 Å². The first-order valence-electron chi connectivity index (χ1n) is 9.13. The van der Waals surface area contributed by atoms with Crippen molar-refractivity contribution in [1.29, 1.82) is 0 Å². The van der Waals surface area contributed by atoms with Crippen LogP contribution >= 0.6 is 0 Å². The highest BCUT2D eigenvalue weighted by atomic mass is 19.4. The molecule has 1 aliphatic carbocycles. The molecule has 2 aromatic rings. The van der Waals surface area contributed by atoms with Gasteiger partial charge >= 0.3 is 12.4 Å². The van der Waals surface area contributed by atoms with E-state index < -0.39 is 35.1 Å². The lowest BCUT2D eigenvalue weighted by atomic mass is 9.88. The Kier molecular flexibility index (Phi) is 5.55. The van der Waals surface area contributed by atoms with E-state index in [1.807, 2.05) is 0 Å². The summed E-state index contributed by atoms with van der Waals surface area (Å²) in [6, 6.07) is 7.40. The summed E-state index contributed by atoms with van der Waals surface area (Å²) >= 11 is 0. The Labute approximate surface area is 162 Å². The van der Waals surface area contributed by atoms with Gasteiger partial charge in [-0.25, -0.2) is 0 Å². The van der Waals surface area contributed by atoms with E-state index in [4.69, 9.17) is 0 Å². The Hall–Kier alpha value is -2.29. The van der Waals surface area contributed by atoms with Crippen LogP contribution in [0.3, 0.4) is 0 Å². The average molecular weight is 419 g/mol. The normalized spacial score (nSPS) is 16.4. The molecule has 29 heavy (non-hydrogen) atoms. The van der Waals surface area contributed by atoms with Crippen molar-refractivity contribution < 1.29 is 36.2 Å². The number of amides is 1. The SMILES string of the molecule is O=C(CC1CCCC1)Nc1c(C(O)(C(F)(F)F)C(F)(F)F)ccc2ccccc12. The van der Waals surface area contributed by atoms with Gasteiger partial charge in [-0.2, -0.15) is 26.3 Å². The van der Waals surface area contributed by atoms with Crippen LogP contribution in [0.5, 0.6) is 0 Å². The van der Waals surface area contributed by atoms with Crippen molar-refractivity contribution in [3.05, 3.63) is 42.0 Å². The minimum atomic E-state index is -6.04. The maximum Gasteiger partial charge on any atom is 0.430 e. The molecule has 0 unspecified atom stereocenters. The van der Waals surface area contributed by atoms with Gasteiger partial charge in [0.25, 0.3) is 5.60 Å². The molecule has 0 heterocycles. The zero-order valence-corrected chi connectivity index (χ0v) is 15.2. The summed E-state index contributed by atoms with van der Waals surface area (Å²) in [5.74, 6) is -0.640. The van der Waals surface area contributed by atoms with E-state index in [-0.39, 0.29) is 17.7 Å². The summed E-state index contributed by atoms with van der Waals surface area (Å²) in [7, 11) is 0. The highest BCUT2D eigenvalue weighted by molar-refractivity contribution is 6.04. The van der Waals surface area contributed by atoms with Crippen LogP contribution in [0, 0.1) is 5.92 Å². The van der Waals surface area contributed by atoms with Crippen LogP contribution in [-0.2, 0) is 10.4 Å². The van der Waals surface area contributed by atoms with Gasteiger partial charge in [0.1, 0.15) is 0 Å². The molecular formula is C20H19F6NO2. The number of rotatable bonds is 4. The van der Waals surface area contributed by atoms with Gasteiger partial charge in [-0.15, -0.1) is 0 Å². The molecule has 1 amide bonds. The van der Waals surface area contributed by atoms with Gasteiger partial charge in [0.05, 0.1) is 5.69 Å². The predicted molar refractivity (Wildman–Crippen MR) is 95.2 cm³/mol. The molecule has 0 bridgehead atoms. The number of anilines is 1. The van der Waals surface area contributed by atoms with E-state index in [9.17, 15) is 36.2 Å². The van der Waals surface area contributed by atoms with Crippen molar-refractivity contribution in [1.82, 2.24) is 0 Å². The van der Waals surface area contributed by atoms with Gasteiger partial charge in [0.15, 0.2) is 0 Å². The summed E-state index contributed by atoms with van der Waals surface area (Å²) in [5.41, 5.74) is -7.25. The van der Waals surface area contributed by atoms with E-state index in [1.54, 1.807) is 6.07 Å². The third-order valence-electron chi connectivity index (χ3n) is 5.35. The molecule has 9 heteroatoms. The zero-order valence-electron chi connectivity index (χ0n) is 15.2. The molecule has 3 nitrogen and oxygen atoms in total. The van der Waals surface area contributed by atoms with E-state index >= 15 is 0 Å². The fourth-order valence-corrected chi connectivity index (χ4v) is 3.84. The van der Waals surface area contributed by atoms with Crippen LogP contribution in [0.25, 0.3) is 10.8 Å². The topological polar surface area (TPSA) is 49.3 Å². The Morgan fingerprint density at radius 1 is 0.966 bits per heavy atom. The van der Waals surface area contributed by atoms with Crippen molar-refractivity contribution in [2.24, 2.45) is 5.92 Å². The molecule has 0 aliphatic heterocycles. The maximum absolute atomic E-state index is 13.4. The van der Waals surface area contributed by atoms with Gasteiger partial charge in [0.2, 0.25) is 5.91 Å². The Balaban J connectivity index is 2.14. The summed E-state index contributed by atoms with van der Waals surface area (Å²) in [5, 5.41) is 12.4. The number of hydrogen-bond donors (Lipinski definition) is 2. The number of nitrogens with one attached hydrogen (secondary N) is 1. The van der Waals surface area contributed by atoms with Crippen LogP contribution in [0.15, 0.2) is 36.4 Å². The third kappa shape index (κ3) is 3.92. The van der Waals surface area contributed by atoms with Crippen LogP contribution < -0.4 is 5.32 Å². The Morgan fingerprint density at radius 3 is 2.14 bits per heavy atom. The van der Waals surface area contributed by atoms with E-state index in [2.05, 4.69) is 5.32 Å². The lowest BCUT2D eigenvalue weighted by Gasteiger charge is -2.34. The molecule has 1 aliphatic rings. The number of halogens is 6. The minimum absolute atomic E-state index is 0.000868. The van der Waals surface area contributed by atoms with Crippen molar-refractivity contribution in [3.63, 3.8) is 0 Å². The summed E-state index contributed by atoms with van der Waals surface area (Å²) in [6.45, 7) is 0. The second-order valence-electron chi connectivity index (χ2n) is 7.32. The average Bonchev–Trinajstić information content (AvgIpc) is 3.12. The van der Waals surface area contributed by atoms with Gasteiger partial charge < -0.3 is 10.4 Å². The zero-order chi connectivity index (χ0) is 21.4. The molecule has 0 saturated heterocycles. The van der Waals surface area contributed by atoms with Gasteiger partial charge in [-0.3, -0.25) is 4.79 Å². The number of aliphatic hydroxyl groups is 1. The Bertz CT molecular complexity index is 886. The van der Waals surface area contributed by atoms with E-state index in [1.165, 1.54) is 18.2 Å². The first kappa shape index (κ1) is 21.4. The van der Waals surface area contributed by atoms with Crippen LogP contribution in [0.1, 0.15) is 37.7 Å². The Morgan fingerprint density at radius 2 is 1.55 bits per heavy atom. The van der Waals surface area contributed by atoms with Gasteiger partial charge in [0, 0.05) is 17.4 Å². The second-order valence-corrected chi connectivity index (χ2v) is 7.32. The smallest absolute Gasteiger partial charge is 0.369 e. The summed E-state index contributed by atoms with van der Waals surface area (Å²) in [6.07, 6.45) is -8.66. The summed E-state index contributed by atoms with van der Waals surface area (Å²) < 4.78 is 80.7. The minimum Gasteiger partial charge on any atom is -0.369 e. The van der Waals surface area contributed by atoms with E-state index in [0.717, 1.165) is 31.7 Å². The van der Waals surface area contributed by atoms with Crippen molar-refractivity contribution in [2.75, 3.05) is 5.32 Å². The molecule has 0 aromatic heterocycles. The molecular weight excluding hydrogens is 400 g/mol. The molecule has 2 N–H and O–H groups in total. The molecule has 158 valence electrons. The van der Waals surface area contributed by atoms with Crippen LogP contribution in [0.2, 0.25) is 0 Å². The van der Waals surface area contributed by atoms with Crippen LogP contribution in [0.4, 0.5) is 32.0 Å². The number of alkyl halides is 6. The largest absolute Gasteiger partial charge is 0.430 e. The highest BCUT2D eigenvalue weighted by Gasteiger charge is 2.72. The number of hydrogen-bond acceptors (Lipinski definition) is 2. The molecule has 2 aromatic carbocycles. The second kappa shape index (κ2) is 7.51. The molecule has 3 rings (SSSR count). The molecule has 0 atom stereocenters. The lowest BCUT2D eigenvalue weighted by Crippen LogP contribution is -2.54. The predicted octanol–water partition coefficient (Wildman–Crippen LogP) is 5.67. The standard InChI is InChI=1S/C20H19F6NO2/c21-19(22,23)18(29,20(24,25)26)15-10-9-13-7-3-4-8-14(13)17(15)27-16(28)11-12-5-1-2-6-12/h3-4,7-10,12,29H,1-2,5-6,11H2,(H,27,28). The fraction of sp³-hybridized carbons (Fsp3) is 0.450. The summed E-state index contributed by atoms with van der Waals surface area (Å²) in [4.78, 5) is 12.4. The fourth-order valence-electron chi connectivity index (χ4n) is 3.84. The first-order valence-corrected chi connectivity index (χ1v) is 9.13. The monoisotopic (exact) mass is 419 g/mol. The van der Waals surface area contributed by atoms with Crippen LogP contribution in [-0.4, -0.2) is 23.4 Å². The van der Waals surface area contributed by atoms with Crippen molar-refractivity contribution in [3.8, 4) is 0 Å². The van der Waals surface area contributed by atoms with E-state index in [0.29, 0.717) is 11.5 Å². The third-order valence-corrected chi connectivity index (χ3v) is 5.35. The quantitative estimate of drug-likeness (QED) is 0.628. The number of fused-ring (bicyclic) bond motifs is 1. The number of carbonyl (C=O) groups excluding carboxylic acids is 1. The molecule has 0 spiro atoms. The number of carbonyl (C=O) groups is 1. The maximum atomic E-state index is 13.4. The molecule has 1 fully saturated rings. The highest BCUT2D eigenvalue weighted by Crippen LogP contribution is 2.53. The first-order chi connectivity index (χ1) is 13.4.